The van der Waals surface area contributed by atoms with Crippen molar-refractivity contribution in [1.29, 1.82) is 0 Å². The topological polar surface area (TPSA) is 71.0 Å². The maximum absolute atomic E-state index is 9.06. The molecule has 2 aromatic rings. The first-order chi connectivity index (χ1) is 11.1. The average Bonchev–Trinajstić information content (AvgIpc) is 2.58. The molecule has 0 aliphatic heterocycles. The molecule has 4 nitrogen and oxygen atoms in total. The number of azo groups is 1. The third-order valence-electron chi connectivity index (χ3n) is 2.95. The Kier molecular flexibility index (Phi) is 7.27. The number of fused-ring (bicyclic) bond motifs is 1. The number of allylic oxidation sites excluding steroid dienone is 3. The van der Waals surface area contributed by atoms with Crippen molar-refractivity contribution in [2.75, 3.05) is 5.73 Å². The second-order valence-electron chi connectivity index (χ2n) is 4.46. The average molecular weight is 309 g/mol. The number of rotatable bonds is 4. The van der Waals surface area contributed by atoms with Crippen molar-refractivity contribution in [3.05, 3.63) is 72.7 Å². The number of aliphatic hydroxyl groups excluding tert-OH is 1. The first kappa shape index (κ1) is 18.2. The van der Waals surface area contributed by atoms with Crippen molar-refractivity contribution in [3.63, 3.8) is 0 Å². The number of hydrogen-bond donors (Lipinski definition) is 2. The molecular weight excluding hydrogens is 286 g/mol. The van der Waals surface area contributed by atoms with Crippen molar-refractivity contribution in [1.82, 2.24) is 0 Å². The lowest BCUT2D eigenvalue weighted by molar-refractivity contribution is 0.435. The number of nitrogens with zero attached hydrogens (tertiary/aromatic N) is 2. The van der Waals surface area contributed by atoms with Crippen molar-refractivity contribution in [2.45, 2.75) is 20.8 Å². The van der Waals surface area contributed by atoms with Crippen molar-refractivity contribution in [3.8, 4) is 0 Å². The fourth-order valence-corrected chi connectivity index (χ4v) is 1.87. The number of anilines is 1. The van der Waals surface area contributed by atoms with E-state index in [-0.39, 0.29) is 5.76 Å². The fourth-order valence-electron chi connectivity index (χ4n) is 1.87. The summed E-state index contributed by atoms with van der Waals surface area (Å²) in [4.78, 5) is 0. The largest absolute Gasteiger partial charge is 0.509 e. The molecule has 0 amide bonds. The van der Waals surface area contributed by atoms with Gasteiger partial charge in [0.05, 0.1) is 11.4 Å². The summed E-state index contributed by atoms with van der Waals surface area (Å²) in [7, 11) is 0. The highest BCUT2D eigenvalue weighted by Crippen LogP contribution is 2.30. The summed E-state index contributed by atoms with van der Waals surface area (Å²) in [5, 5.41) is 19.4. The molecule has 2 rings (SSSR count). The molecule has 0 saturated heterocycles. The minimum absolute atomic E-state index is 0.0255. The minimum Gasteiger partial charge on any atom is -0.509 e. The zero-order chi connectivity index (χ0) is 17.2. The van der Waals surface area contributed by atoms with E-state index in [0.717, 1.165) is 16.5 Å². The molecule has 0 aliphatic carbocycles. The normalized spacial score (nSPS) is 11.7. The molecule has 0 fully saturated rings. The van der Waals surface area contributed by atoms with Crippen molar-refractivity contribution < 1.29 is 5.11 Å². The van der Waals surface area contributed by atoms with E-state index < -0.39 is 0 Å². The van der Waals surface area contributed by atoms with E-state index in [2.05, 4.69) is 16.8 Å². The Morgan fingerprint density at radius 3 is 2.35 bits per heavy atom. The highest BCUT2D eigenvalue weighted by atomic mass is 16.3. The van der Waals surface area contributed by atoms with Gasteiger partial charge in [0.15, 0.2) is 0 Å². The number of benzene rings is 2. The van der Waals surface area contributed by atoms with Gasteiger partial charge in [0, 0.05) is 16.5 Å². The third-order valence-corrected chi connectivity index (χ3v) is 2.95. The Morgan fingerprint density at radius 2 is 1.74 bits per heavy atom. The molecule has 0 atom stereocenters. The molecule has 0 unspecified atom stereocenters. The zero-order valence-corrected chi connectivity index (χ0v) is 13.8. The molecule has 0 aliphatic rings. The Labute approximate surface area is 137 Å². The predicted octanol–water partition coefficient (Wildman–Crippen LogP) is 6.06. The van der Waals surface area contributed by atoms with Crippen LogP contribution in [0.3, 0.4) is 0 Å². The molecule has 3 N–H and O–H groups in total. The van der Waals surface area contributed by atoms with Gasteiger partial charge in [0.2, 0.25) is 0 Å². The smallest absolute Gasteiger partial charge is 0.108 e. The standard InChI is InChI=1S/C17H17N3O.C2H6/c1-3-13(9-8-12(2)21)19-20-17-11-10-16(18)14-6-4-5-7-15(14)17;1-2/h3-11,21H,2,18H2,1H3;1-2H3/b9-8-,13-3+,20-19?;. The van der Waals surface area contributed by atoms with Crippen LogP contribution in [0.5, 0.6) is 0 Å². The van der Waals surface area contributed by atoms with Gasteiger partial charge in [-0.2, -0.15) is 5.11 Å². The van der Waals surface area contributed by atoms with Crippen molar-refractivity contribution >= 4 is 22.1 Å². The van der Waals surface area contributed by atoms with E-state index >= 15 is 0 Å². The summed E-state index contributed by atoms with van der Waals surface area (Å²) < 4.78 is 0. The number of aliphatic hydroxyl groups is 1. The van der Waals surface area contributed by atoms with E-state index in [1.807, 2.05) is 57.2 Å². The lowest BCUT2D eigenvalue weighted by Gasteiger charge is -2.04. The summed E-state index contributed by atoms with van der Waals surface area (Å²) >= 11 is 0. The van der Waals surface area contributed by atoms with Crippen LogP contribution in [-0.4, -0.2) is 5.11 Å². The summed E-state index contributed by atoms with van der Waals surface area (Å²) in [5.41, 5.74) is 8.05. The quantitative estimate of drug-likeness (QED) is 0.312. The van der Waals surface area contributed by atoms with Gasteiger partial charge in [-0.3, -0.25) is 0 Å². The minimum atomic E-state index is -0.0255. The number of nitrogens with two attached hydrogens (primary N) is 1. The summed E-state index contributed by atoms with van der Waals surface area (Å²) in [6.45, 7) is 9.23. The van der Waals surface area contributed by atoms with Crippen LogP contribution in [0.4, 0.5) is 11.4 Å². The van der Waals surface area contributed by atoms with Crippen LogP contribution in [0, 0.1) is 0 Å². The van der Waals surface area contributed by atoms with Crippen LogP contribution in [0.1, 0.15) is 20.8 Å². The van der Waals surface area contributed by atoms with Crippen LogP contribution in [0.2, 0.25) is 0 Å². The fraction of sp³-hybridized carbons (Fsp3) is 0.158. The molecule has 0 heterocycles. The first-order valence-corrected chi connectivity index (χ1v) is 7.53. The molecule has 0 saturated carbocycles. The zero-order valence-electron chi connectivity index (χ0n) is 13.8. The molecule has 0 bridgehead atoms. The van der Waals surface area contributed by atoms with E-state index in [9.17, 15) is 0 Å². The molecule has 0 spiro atoms. The second kappa shape index (κ2) is 9.20. The molecule has 0 radical (unpaired) electrons. The summed E-state index contributed by atoms with van der Waals surface area (Å²) in [5.74, 6) is -0.0255. The van der Waals surface area contributed by atoms with Gasteiger partial charge in [-0.05, 0) is 31.2 Å². The molecule has 2 aromatic carbocycles. The molecule has 4 heteroatoms. The predicted molar refractivity (Wildman–Crippen MR) is 98.9 cm³/mol. The second-order valence-corrected chi connectivity index (χ2v) is 4.46. The Balaban J connectivity index is 0.00000127. The molecular formula is C19H23N3O. The van der Waals surface area contributed by atoms with Crippen LogP contribution < -0.4 is 5.73 Å². The van der Waals surface area contributed by atoms with Gasteiger partial charge in [-0.25, -0.2) is 0 Å². The molecule has 23 heavy (non-hydrogen) atoms. The highest BCUT2D eigenvalue weighted by molar-refractivity contribution is 5.99. The van der Waals surface area contributed by atoms with E-state index in [1.165, 1.54) is 6.08 Å². The van der Waals surface area contributed by atoms with Gasteiger partial charge in [-0.1, -0.05) is 50.8 Å². The van der Waals surface area contributed by atoms with E-state index in [4.69, 9.17) is 10.8 Å². The lowest BCUT2D eigenvalue weighted by Crippen LogP contribution is -1.86. The third kappa shape index (κ3) is 5.11. The Bertz CT molecular complexity index is 758. The van der Waals surface area contributed by atoms with Gasteiger partial charge in [-0.15, -0.1) is 5.11 Å². The maximum Gasteiger partial charge on any atom is 0.108 e. The Hall–Kier alpha value is -2.88. The van der Waals surface area contributed by atoms with Crippen molar-refractivity contribution in [2.24, 2.45) is 10.2 Å². The van der Waals surface area contributed by atoms with Crippen LogP contribution >= 0.6 is 0 Å². The first-order valence-electron chi connectivity index (χ1n) is 7.53. The summed E-state index contributed by atoms with van der Waals surface area (Å²) in [6, 6.07) is 11.4. The van der Waals surface area contributed by atoms with Gasteiger partial charge in [0.25, 0.3) is 0 Å². The van der Waals surface area contributed by atoms with E-state index in [0.29, 0.717) is 11.4 Å². The highest BCUT2D eigenvalue weighted by Gasteiger charge is 2.02. The molecule has 0 aromatic heterocycles. The van der Waals surface area contributed by atoms with Crippen LogP contribution in [0.15, 0.2) is 82.9 Å². The van der Waals surface area contributed by atoms with Gasteiger partial charge >= 0.3 is 0 Å². The number of hydrogen-bond acceptors (Lipinski definition) is 4. The monoisotopic (exact) mass is 309 g/mol. The number of nitrogen functional groups attached to an aromatic ring is 1. The Morgan fingerprint density at radius 1 is 1.09 bits per heavy atom. The van der Waals surface area contributed by atoms with Gasteiger partial charge in [0.1, 0.15) is 5.76 Å². The van der Waals surface area contributed by atoms with Gasteiger partial charge < -0.3 is 10.8 Å². The van der Waals surface area contributed by atoms with E-state index in [1.54, 1.807) is 12.2 Å². The van der Waals surface area contributed by atoms with Crippen LogP contribution in [0.25, 0.3) is 10.8 Å². The maximum atomic E-state index is 9.06. The lowest BCUT2D eigenvalue weighted by atomic mass is 10.1. The summed E-state index contributed by atoms with van der Waals surface area (Å²) in [6.07, 6.45) is 4.91. The van der Waals surface area contributed by atoms with Crippen LogP contribution in [-0.2, 0) is 0 Å². The SMILES string of the molecule is C=C(O)/C=C\C(=C/C)N=Nc1ccc(N)c2ccccc12.CC. The molecule has 120 valence electrons.